The van der Waals surface area contributed by atoms with Gasteiger partial charge in [0.2, 0.25) is 17.7 Å². The third kappa shape index (κ3) is 9.61. The van der Waals surface area contributed by atoms with E-state index in [1.165, 1.54) is 4.90 Å². The quantitative estimate of drug-likeness (QED) is 0.120. The second-order valence-electron chi connectivity index (χ2n) is 8.42. The summed E-state index contributed by atoms with van der Waals surface area (Å²) in [5.41, 5.74) is 17.0. The van der Waals surface area contributed by atoms with Gasteiger partial charge in [-0.2, -0.15) is 0 Å². The molecule has 13 heteroatoms. The van der Waals surface area contributed by atoms with Crippen LogP contribution in [0.1, 0.15) is 57.8 Å². The fourth-order valence-corrected chi connectivity index (χ4v) is 3.82. The number of hydrogen-bond donors (Lipinski definition) is 7. The topological polar surface area (TPSA) is 231 Å². The van der Waals surface area contributed by atoms with Gasteiger partial charge < -0.3 is 42.9 Å². The number of carbonyl (C=O) groups is 5. The highest BCUT2D eigenvalue weighted by Gasteiger charge is 2.37. The monoisotopic (exact) mass is 486 g/mol. The Morgan fingerprint density at radius 2 is 1.53 bits per heavy atom. The van der Waals surface area contributed by atoms with Crippen LogP contribution in [-0.2, 0) is 24.0 Å². The van der Waals surface area contributed by atoms with Crippen LogP contribution in [0.3, 0.4) is 0 Å². The average Bonchev–Trinajstić information content (AvgIpc) is 3.27. The molecule has 0 aromatic rings. The van der Waals surface area contributed by atoms with E-state index in [1.807, 2.05) is 0 Å². The molecule has 0 aromatic heterocycles. The Kier molecular flexibility index (Phi) is 13.1. The summed E-state index contributed by atoms with van der Waals surface area (Å²) in [6, 6.07) is -4.30. The lowest BCUT2D eigenvalue weighted by molar-refractivity contribution is -0.147. The van der Waals surface area contributed by atoms with Crippen molar-refractivity contribution in [1.82, 2.24) is 15.5 Å². The number of carbonyl (C=O) groups excluding carboxylic acids is 3. The first-order valence-corrected chi connectivity index (χ1v) is 11.6. The van der Waals surface area contributed by atoms with E-state index in [9.17, 15) is 29.1 Å². The zero-order valence-corrected chi connectivity index (χ0v) is 19.4. The minimum Gasteiger partial charge on any atom is -0.481 e. The van der Waals surface area contributed by atoms with Gasteiger partial charge in [0.05, 0.1) is 12.5 Å². The number of aliphatic carboxylic acids is 2. The predicted molar refractivity (Wildman–Crippen MR) is 122 cm³/mol. The molecule has 4 atom stereocenters. The highest BCUT2D eigenvalue weighted by Crippen LogP contribution is 2.20. The zero-order valence-electron chi connectivity index (χ0n) is 19.4. The van der Waals surface area contributed by atoms with Crippen LogP contribution in [0.2, 0.25) is 0 Å². The summed E-state index contributed by atoms with van der Waals surface area (Å²) in [5, 5.41) is 22.9. The number of carboxylic acid groups (broad SMARTS) is 2. The SMILES string of the molecule is NCCCCC(N)C(=O)N1CCCC1C(=O)NC(CCCCN)C(=O)NC(CC(=O)O)C(=O)O. The van der Waals surface area contributed by atoms with Gasteiger partial charge in [-0.25, -0.2) is 4.79 Å². The fraction of sp³-hybridized carbons (Fsp3) is 0.762. The van der Waals surface area contributed by atoms with Gasteiger partial charge in [0.25, 0.3) is 0 Å². The molecule has 1 heterocycles. The van der Waals surface area contributed by atoms with Crippen molar-refractivity contribution in [3.05, 3.63) is 0 Å². The minimum atomic E-state index is -1.64. The summed E-state index contributed by atoms with van der Waals surface area (Å²) in [5.74, 6) is -4.59. The van der Waals surface area contributed by atoms with Crippen molar-refractivity contribution < 1.29 is 34.2 Å². The molecule has 34 heavy (non-hydrogen) atoms. The first-order valence-electron chi connectivity index (χ1n) is 11.6. The number of nitrogens with zero attached hydrogens (tertiary/aromatic N) is 1. The maximum Gasteiger partial charge on any atom is 0.326 e. The minimum absolute atomic E-state index is 0.174. The maximum atomic E-state index is 13.0. The van der Waals surface area contributed by atoms with Crippen molar-refractivity contribution in [1.29, 1.82) is 0 Å². The zero-order chi connectivity index (χ0) is 25.7. The van der Waals surface area contributed by atoms with Gasteiger partial charge >= 0.3 is 11.9 Å². The standard InChI is InChI=1S/C21H38N6O7/c22-9-3-1-6-13(24)20(32)27-11-5-8-16(27)19(31)25-14(7-2-4-10-23)18(30)26-15(21(33)34)12-17(28)29/h13-16H,1-12,22-24H2,(H,25,31)(H,26,30)(H,28,29)(H,33,34). The third-order valence-electron chi connectivity index (χ3n) is 5.70. The van der Waals surface area contributed by atoms with E-state index in [1.54, 1.807) is 0 Å². The van der Waals surface area contributed by atoms with Crippen molar-refractivity contribution in [3.8, 4) is 0 Å². The van der Waals surface area contributed by atoms with Crippen LogP contribution < -0.4 is 27.8 Å². The number of amides is 3. The largest absolute Gasteiger partial charge is 0.481 e. The highest BCUT2D eigenvalue weighted by molar-refractivity contribution is 5.94. The summed E-state index contributed by atoms with van der Waals surface area (Å²) < 4.78 is 0. The molecule has 1 saturated heterocycles. The van der Waals surface area contributed by atoms with Crippen LogP contribution in [0, 0.1) is 0 Å². The Morgan fingerprint density at radius 1 is 0.912 bits per heavy atom. The van der Waals surface area contributed by atoms with Crippen LogP contribution in [0.4, 0.5) is 0 Å². The molecule has 0 saturated carbocycles. The van der Waals surface area contributed by atoms with Crippen molar-refractivity contribution in [2.24, 2.45) is 17.2 Å². The molecule has 0 aromatic carbocycles. The first-order chi connectivity index (χ1) is 16.1. The number of nitrogens with two attached hydrogens (primary N) is 3. The molecule has 13 nitrogen and oxygen atoms in total. The molecule has 10 N–H and O–H groups in total. The summed E-state index contributed by atoms with van der Waals surface area (Å²) >= 11 is 0. The maximum absolute atomic E-state index is 13.0. The molecule has 0 spiro atoms. The number of rotatable bonds is 16. The first kappa shape index (κ1) is 29.3. The number of carboxylic acids is 2. The van der Waals surface area contributed by atoms with Crippen molar-refractivity contribution >= 4 is 29.7 Å². The molecular formula is C21H38N6O7. The molecule has 0 bridgehead atoms. The molecular weight excluding hydrogens is 448 g/mol. The molecule has 4 unspecified atom stereocenters. The summed E-state index contributed by atoms with van der Waals surface area (Å²) in [6.07, 6.45) is 3.30. The van der Waals surface area contributed by atoms with Gasteiger partial charge in [0, 0.05) is 6.54 Å². The van der Waals surface area contributed by atoms with Crippen molar-refractivity contribution in [2.45, 2.75) is 82.0 Å². The van der Waals surface area contributed by atoms with Gasteiger partial charge in [0.15, 0.2) is 0 Å². The van der Waals surface area contributed by atoms with Gasteiger partial charge in [0.1, 0.15) is 18.1 Å². The molecule has 194 valence electrons. The van der Waals surface area contributed by atoms with E-state index in [0.717, 1.165) is 6.42 Å². The van der Waals surface area contributed by atoms with Crippen LogP contribution in [0.15, 0.2) is 0 Å². The molecule has 0 aliphatic carbocycles. The predicted octanol–water partition coefficient (Wildman–Crippen LogP) is -1.91. The van der Waals surface area contributed by atoms with E-state index in [2.05, 4.69) is 10.6 Å². The Hall–Kier alpha value is -2.77. The van der Waals surface area contributed by atoms with E-state index >= 15 is 0 Å². The van der Waals surface area contributed by atoms with Gasteiger partial charge in [-0.1, -0.05) is 6.42 Å². The van der Waals surface area contributed by atoms with Gasteiger partial charge in [-0.15, -0.1) is 0 Å². The molecule has 1 fully saturated rings. The number of unbranched alkanes of at least 4 members (excludes halogenated alkanes) is 2. The van der Waals surface area contributed by atoms with Gasteiger partial charge in [-0.05, 0) is 58.0 Å². The number of hydrogen-bond acceptors (Lipinski definition) is 8. The van der Waals surface area contributed by atoms with E-state index in [-0.39, 0.29) is 12.3 Å². The smallest absolute Gasteiger partial charge is 0.326 e. The molecule has 1 aliphatic rings. The second-order valence-corrected chi connectivity index (χ2v) is 8.42. The lowest BCUT2D eigenvalue weighted by Crippen LogP contribution is -2.56. The van der Waals surface area contributed by atoms with Crippen LogP contribution in [0.25, 0.3) is 0 Å². The summed E-state index contributed by atoms with van der Waals surface area (Å²) in [7, 11) is 0. The van der Waals surface area contributed by atoms with E-state index < -0.39 is 54.3 Å². The number of nitrogens with one attached hydrogen (secondary N) is 2. The Labute approximate surface area is 198 Å². The lowest BCUT2D eigenvalue weighted by Gasteiger charge is -2.28. The van der Waals surface area contributed by atoms with Crippen LogP contribution >= 0.6 is 0 Å². The molecule has 0 radical (unpaired) electrons. The van der Waals surface area contributed by atoms with E-state index in [4.69, 9.17) is 22.3 Å². The van der Waals surface area contributed by atoms with Gasteiger partial charge in [-0.3, -0.25) is 19.2 Å². The average molecular weight is 487 g/mol. The van der Waals surface area contributed by atoms with Crippen molar-refractivity contribution in [3.63, 3.8) is 0 Å². The van der Waals surface area contributed by atoms with Crippen LogP contribution in [-0.4, -0.2) is 88.6 Å². The number of likely N-dealkylation sites (tertiary alicyclic amines) is 1. The van der Waals surface area contributed by atoms with E-state index in [0.29, 0.717) is 58.2 Å². The third-order valence-corrected chi connectivity index (χ3v) is 5.70. The summed E-state index contributed by atoms with van der Waals surface area (Å²) in [4.78, 5) is 62.2. The summed E-state index contributed by atoms with van der Waals surface area (Å²) in [6.45, 7) is 1.23. The normalized spacial score (nSPS) is 18.1. The Morgan fingerprint density at radius 3 is 2.09 bits per heavy atom. The Bertz CT molecular complexity index is 720. The van der Waals surface area contributed by atoms with Crippen molar-refractivity contribution in [2.75, 3.05) is 19.6 Å². The van der Waals surface area contributed by atoms with Crippen LogP contribution in [0.5, 0.6) is 0 Å². The highest BCUT2D eigenvalue weighted by atomic mass is 16.4. The fourth-order valence-electron chi connectivity index (χ4n) is 3.82. The molecule has 1 aliphatic heterocycles. The lowest BCUT2D eigenvalue weighted by atomic mass is 10.1. The molecule has 3 amide bonds. The Balaban J connectivity index is 2.87. The molecule has 1 rings (SSSR count). The second kappa shape index (κ2) is 15.2.